The average molecular weight is 441 g/mol. The number of carbonyl (C=O) groups excluding carboxylic acids is 3. The Bertz CT molecular complexity index is 1150. The summed E-state index contributed by atoms with van der Waals surface area (Å²) in [6, 6.07) is 6.56. The number of hydrogen-bond acceptors (Lipinski definition) is 7. The summed E-state index contributed by atoms with van der Waals surface area (Å²) in [5.74, 6) is -0.777. The lowest BCUT2D eigenvalue weighted by atomic mass is 10.2. The highest BCUT2D eigenvalue weighted by Gasteiger charge is 2.11. The fourth-order valence-electron chi connectivity index (χ4n) is 2.52. The lowest BCUT2D eigenvalue weighted by Gasteiger charge is -2.09. The van der Waals surface area contributed by atoms with Crippen LogP contribution in [0.2, 0.25) is 0 Å². The molecule has 0 saturated heterocycles. The third-order valence-electron chi connectivity index (χ3n) is 3.96. The summed E-state index contributed by atoms with van der Waals surface area (Å²) in [7, 11) is 1.46. The first kappa shape index (κ1) is 21.6. The minimum Gasteiger partial charge on any atom is -0.493 e. The van der Waals surface area contributed by atoms with E-state index < -0.39 is 11.8 Å². The Morgan fingerprint density at radius 3 is 2.71 bits per heavy atom. The fourth-order valence-corrected chi connectivity index (χ4v) is 3.25. The van der Waals surface area contributed by atoms with Crippen LogP contribution in [-0.4, -0.2) is 41.4 Å². The molecule has 11 heteroatoms. The van der Waals surface area contributed by atoms with E-state index in [1.54, 1.807) is 41.9 Å². The van der Waals surface area contributed by atoms with E-state index in [1.165, 1.54) is 24.5 Å². The van der Waals surface area contributed by atoms with Gasteiger partial charge in [-0.3, -0.25) is 19.7 Å². The van der Waals surface area contributed by atoms with Crippen molar-refractivity contribution in [3.8, 4) is 22.8 Å². The Balaban J connectivity index is 1.63. The van der Waals surface area contributed by atoms with E-state index in [1.807, 2.05) is 0 Å². The third-order valence-corrected chi connectivity index (χ3v) is 4.72. The van der Waals surface area contributed by atoms with Crippen molar-refractivity contribution in [2.24, 2.45) is 11.5 Å². The van der Waals surface area contributed by atoms with Gasteiger partial charge in [-0.05, 0) is 29.8 Å². The number of ether oxygens (including phenoxy) is 2. The van der Waals surface area contributed by atoms with Crippen LogP contribution in [0.5, 0.6) is 11.5 Å². The lowest BCUT2D eigenvalue weighted by Crippen LogP contribution is -2.20. The second-order valence-corrected chi connectivity index (χ2v) is 7.05. The zero-order valence-corrected chi connectivity index (χ0v) is 17.2. The molecule has 3 rings (SSSR count). The first-order chi connectivity index (χ1) is 14.9. The number of aromatic amines is 1. The number of thiazole rings is 1. The van der Waals surface area contributed by atoms with Crippen molar-refractivity contribution >= 4 is 40.3 Å². The molecule has 160 valence electrons. The minimum absolute atomic E-state index is 0.268. The molecule has 3 amide bonds. The largest absolute Gasteiger partial charge is 0.493 e. The van der Waals surface area contributed by atoms with Crippen LogP contribution in [-0.2, 0) is 9.59 Å². The number of hydrogen-bond donors (Lipinski definition) is 4. The Kier molecular flexibility index (Phi) is 6.67. The number of methoxy groups -OCH3 is 1. The van der Waals surface area contributed by atoms with Crippen LogP contribution in [0.3, 0.4) is 0 Å². The Labute approximate surface area is 180 Å². The Morgan fingerprint density at radius 1 is 1.23 bits per heavy atom. The molecular weight excluding hydrogens is 422 g/mol. The number of anilines is 1. The molecule has 0 atom stereocenters. The number of nitrogens with one attached hydrogen (secondary N) is 2. The molecule has 0 bridgehead atoms. The summed E-state index contributed by atoms with van der Waals surface area (Å²) >= 11 is 1.25. The van der Waals surface area contributed by atoms with Crippen LogP contribution in [0.25, 0.3) is 17.3 Å². The number of nitrogens with two attached hydrogens (primary N) is 2. The third kappa shape index (κ3) is 5.70. The van der Waals surface area contributed by atoms with E-state index in [0.29, 0.717) is 33.5 Å². The summed E-state index contributed by atoms with van der Waals surface area (Å²) in [6.07, 6.45) is 4.56. The number of nitrogens with zero attached hydrogens (tertiary/aromatic N) is 1. The van der Waals surface area contributed by atoms with Crippen molar-refractivity contribution in [3.63, 3.8) is 0 Å². The monoisotopic (exact) mass is 441 g/mol. The smallest absolute Gasteiger partial charge is 0.265 e. The normalized spacial score (nSPS) is 10.7. The highest BCUT2D eigenvalue weighted by Crippen LogP contribution is 2.29. The van der Waals surface area contributed by atoms with E-state index in [9.17, 15) is 14.4 Å². The summed E-state index contributed by atoms with van der Waals surface area (Å²) in [5.41, 5.74) is 12.5. The molecule has 0 saturated carbocycles. The van der Waals surface area contributed by atoms with Gasteiger partial charge in [0.05, 0.1) is 12.8 Å². The maximum Gasteiger partial charge on any atom is 0.265 e. The summed E-state index contributed by atoms with van der Waals surface area (Å²) in [4.78, 5) is 41.3. The van der Waals surface area contributed by atoms with Gasteiger partial charge in [-0.15, -0.1) is 11.3 Å². The molecule has 0 fully saturated rings. The topological polar surface area (TPSA) is 162 Å². The van der Waals surface area contributed by atoms with Gasteiger partial charge in [0.1, 0.15) is 5.69 Å². The number of H-pyrrole nitrogens is 1. The van der Waals surface area contributed by atoms with Crippen molar-refractivity contribution in [2.75, 3.05) is 19.0 Å². The number of amides is 3. The van der Waals surface area contributed by atoms with Crippen LogP contribution >= 0.6 is 11.3 Å². The minimum atomic E-state index is -0.599. The zero-order valence-electron chi connectivity index (χ0n) is 16.4. The van der Waals surface area contributed by atoms with E-state index in [-0.39, 0.29) is 18.2 Å². The average Bonchev–Trinajstić information content (AvgIpc) is 3.40. The van der Waals surface area contributed by atoms with E-state index in [0.717, 1.165) is 0 Å². The van der Waals surface area contributed by atoms with Gasteiger partial charge in [0.25, 0.3) is 11.8 Å². The molecule has 0 unspecified atom stereocenters. The second kappa shape index (κ2) is 9.59. The second-order valence-electron chi connectivity index (χ2n) is 6.19. The van der Waals surface area contributed by atoms with Crippen LogP contribution < -0.4 is 26.3 Å². The number of carbonyl (C=O) groups is 3. The molecule has 0 aliphatic rings. The first-order valence-electron chi connectivity index (χ1n) is 8.88. The van der Waals surface area contributed by atoms with Gasteiger partial charge < -0.3 is 25.9 Å². The fraction of sp³-hybridized carbons (Fsp3) is 0.100. The van der Waals surface area contributed by atoms with Crippen molar-refractivity contribution in [1.29, 1.82) is 0 Å². The Hall–Kier alpha value is -4.12. The number of benzene rings is 1. The molecule has 31 heavy (non-hydrogen) atoms. The molecular formula is C20H19N5O5S. The first-order valence-corrected chi connectivity index (χ1v) is 9.76. The van der Waals surface area contributed by atoms with Crippen molar-refractivity contribution in [1.82, 2.24) is 9.97 Å². The standard InChI is InChI=1S/C20H19N5O5S/c1-29-16-6-11(2-4-15(16)30-9-17(21)26)3-5-18(27)25-20-24-14(10-31-20)12-7-13(19(22)28)23-8-12/h2-8,10,23H,9H2,1H3,(H2,21,26)(H2,22,28)(H,24,25,27)/b5-3+. The molecule has 0 radical (unpaired) electrons. The van der Waals surface area contributed by atoms with Gasteiger partial charge in [0.15, 0.2) is 23.2 Å². The molecule has 2 heterocycles. The van der Waals surface area contributed by atoms with Gasteiger partial charge in [-0.25, -0.2) is 4.98 Å². The SMILES string of the molecule is COc1cc(/C=C/C(=O)Nc2nc(-c3c[nH]c(C(N)=O)c3)cs2)ccc1OCC(N)=O. The quantitative estimate of drug-likeness (QED) is 0.370. The summed E-state index contributed by atoms with van der Waals surface area (Å²) in [6.45, 7) is -0.268. The zero-order chi connectivity index (χ0) is 22.4. The van der Waals surface area contributed by atoms with Crippen LogP contribution in [0.15, 0.2) is 41.9 Å². The van der Waals surface area contributed by atoms with Gasteiger partial charge in [-0.2, -0.15) is 0 Å². The summed E-state index contributed by atoms with van der Waals surface area (Å²) in [5, 5.41) is 4.83. The van der Waals surface area contributed by atoms with Gasteiger partial charge >= 0.3 is 0 Å². The van der Waals surface area contributed by atoms with Gasteiger partial charge in [-0.1, -0.05) is 6.07 Å². The molecule has 0 aliphatic heterocycles. The highest BCUT2D eigenvalue weighted by molar-refractivity contribution is 7.14. The summed E-state index contributed by atoms with van der Waals surface area (Å²) < 4.78 is 10.5. The highest BCUT2D eigenvalue weighted by atomic mass is 32.1. The predicted molar refractivity (Wildman–Crippen MR) is 116 cm³/mol. The van der Waals surface area contributed by atoms with E-state index in [4.69, 9.17) is 20.9 Å². The Morgan fingerprint density at radius 2 is 2.03 bits per heavy atom. The molecule has 3 aromatic rings. The van der Waals surface area contributed by atoms with E-state index in [2.05, 4.69) is 15.3 Å². The van der Waals surface area contributed by atoms with Crippen molar-refractivity contribution < 1.29 is 23.9 Å². The van der Waals surface area contributed by atoms with Gasteiger partial charge in [0.2, 0.25) is 5.91 Å². The predicted octanol–water partition coefficient (Wildman–Crippen LogP) is 1.76. The molecule has 2 aromatic heterocycles. The van der Waals surface area contributed by atoms with E-state index >= 15 is 0 Å². The van der Waals surface area contributed by atoms with Gasteiger partial charge in [0, 0.05) is 23.2 Å². The maximum absolute atomic E-state index is 12.2. The van der Waals surface area contributed by atoms with Crippen molar-refractivity contribution in [3.05, 3.63) is 53.2 Å². The molecule has 6 N–H and O–H groups in total. The maximum atomic E-state index is 12.2. The molecule has 0 spiro atoms. The number of rotatable bonds is 9. The number of aromatic nitrogens is 2. The molecule has 0 aliphatic carbocycles. The van der Waals surface area contributed by atoms with Crippen LogP contribution in [0.1, 0.15) is 16.1 Å². The van der Waals surface area contributed by atoms with Crippen LogP contribution in [0, 0.1) is 0 Å². The molecule has 1 aromatic carbocycles. The van der Waals surface area contributed by atoms with Crippen molar-refractivity contribution in [2.45, 2.75) is 0 Å². The molecule has 10 nitrogen and oxygen atoms in total. The lowest BCUT2D eigenvalue weighted by molar-refractivity contribution is -0.120. The van der Waals surface area contributed by atoms with Crippen LogP contribution in [0.4, 0.5) is 5.13 Å². The number of primary amides is 2.